The minimum atomic E-state index is -1.49. The van der Waals surface area contributed by atoms with Gasteiger partial charge in [0.05, 0.1) is 0 Å². The first-order chi connectivity index (χ1) is 7.27. The van der Waals surface area contributed by atoms with Crippen LogP contribution in [0.15, 0.2) is 54.6 Å². The quantitative estimate of drug-likeness (QED) is 0.616. The smallest absolute Gasteiger partial charge is 0.399 e. The van der Waals surface area contributed by atoms with Gasteiger partial charge >= 0.3 is 7.80 Å². The molecule has 0 aliphatic heterocycles. The highest BCUT2D eigenvalue weighted by Gasteiger charge is 2.22. The van der Waals surface area contributed by atoms with E-state index in [1.165, 1.54) is 0 Å². The van der Waals surface area contributed by atoms with E-state index in [4.69, 9.17) is 5.73 Å². The molecule has 0 aliphatic carbocycles. The van der Waals surface area contributed by atoms with Crippen LogP contribution in [0.1, 0.15) is 0 Å². The molecule has 0 aromatic heterocycles. The number of nitrogens with two attached hydrogens (primary N) is 1. The zero-order valence-electron chi connectivity index (χ0n) is 8.13. The molecule has 15 heavy (non-hydrogen) atoms. The van der Waals surface area contributed by atoms with Crippen LogP contribution in [0.25, 0.3) is 0 Å². The number of hydrogen-bond acceptors (Lipinski definition) is 2. The minimum Gasteiger partial charge on any atom is -0.399 e. The zero-order chi connectivity index (χ0) is 10.7. The first kappa shape index (κ1) is 9.88. The van der Waals surface area contributed by atoms with Gasteiger partial charge in [0.15, 0.2) is 10.6 Å². The molecule has 2 nitrogen and oxygen atoms in total. The summed E-state index contributed by atoms with van der Waals surface area (Å²) in [5.74, 6) is 0. The van der Waals surface area contributed by atoms with Crippen LogP contribution in [-0.4, -0.2) is 0 Å². The van der Waals surface area contributed by atoms with E-state index >= 15 is 0 Å². The Balaban J connectivity index is 2.33. The molecule has 2 N–H and O–H groups in total. The fourth-order valence-corrected chi connectivity index (χ4v) is 2.48. The van der Waals surface area contributed by atoms with E-state index in [9.17, 15) is 4.57 Å². The van der Waals surface area contributed by atoms with Crippen molar-refractivity contribution >= 4 is 24.1 Å². The average molecular weight is 216 g/mol. The topological polar surface area (TPSA) is 43.1 Å². The highest BCUT2D eigenvalue weighted by atomic mass is 31.1. The van der Waals surface area contributed by atoms with Gasteiger partial charge in [-0.15, -0.1) is 0 Å². The fraction of sp³-hybridized carbons (Fsp3) is 0. The van der Waals surface area contributed by atoms with Gasteiger partial charge in [-0.25, -0.2) is 0 Å². The Labute approximate surface area is 89.5 Å². The first-order valence-electron chi connectivity index (χ1n) is 4.65. The standard InChI is InChI=1S/C12H11NOP/c13-10-6-8-12(9-7-10)15(14)11-4-2-1-3-5-11/h1-9H,13H2/q+1. The lowest BCUT2D eigenvalue weighted by Crippen LogP contribution is -2.05. The molecule has 1 atom stereocenters. The summed E-state index contributed by atoms with van der Waals surface area (Å²) >= 11 is 0. The highest BCUT2D eigenvalue weighted by molar-refractivity contribution is 7.61. The lowest BCUT2D eigenvalue weighted by atomic mass is 10.3. The molecule has 0 spiro atoms. The summed E-state index contributed by atoms with van der Waals surface area (Å²) in [6.45, 7) is 0. The Kier molecular flexibility index (Phi) is 2.79. The van der Waals surface area contributed by atoms with Crippen LogP contribution in [0.4, 0.5) is 5.69 Å². The van der Waals surface area contributed by atoms with Gasteiger partial charge in [0, 0.05) is 5.69 Å². The van der Waals surface area contributed by atoms with E-state index in [1.54, 1.807) is 24.3 Å². The van der Waals surface area contributed by atoms with E-state index in [-0.39, 0.29) is 0 Å². The molecule has 0 fully saturated rings. The van der Waals surface area contributed by atoms with Crippen LogP contribution in [0.5, 0.6) is 0 Å². The molecular weight excluding hydrogens is 205 g/mol. The molecule has 0 radical (unpaired) electrons. The van der Waals surface area contributed by atoms with Crippen molar-refractivity contribution in [1.29, 1.82) is 0 Å². The second kappa shape index (κ2) is 4.24. The first-order valence-corrected chi connectivity index (χ1v) is 5.91. The molecule has 0 heterocycles. The van der Waals surface area contributed by atoms with E-state index < -0.39 is 7.80 Å². The summed E-state index contributed by atoms with van der Waals surface area (Å²) in [4.78, 5) is 0. The van der Waals surface area contributed by atoms with Gasteiger partial charge in [0.25, 0.3) is 0 Å². The van der Waals surface area contributed by atoms with Crippen molar-refractivity contribution in [1.82, 2.24) is 0 Å². The molecule has 74 valence electrons. The minimum absolute atomic E-state index is 0.690. The Bertz CT molecular complexity index is 465. The molecular formula is C12H11NOP+. The monoisotopic (exact) mass is 216 g/mol. The third-order valence-corrected chi connectivity index (χ3v) is 3.65. The largest absolute Gasteiger partial charge is 0.415 e. The Morgan fingerprint density at radius 3 is 1.93 bits per heavy atom. The van der Waals surface area contributed by atoms with Gasteiger partial charge in [-0.05, 0) is 36.4 Å². The summed E-state index contributed by atoms with van der Waals surface area (Å²) in [7, 11) is -1.49. The van der Waals surface area contributed by atoms with Gasteiger partial charge in [-0.2, -0.15) is 0 Å². The van der Waals surface area contributed by atoms with Crippen LogP contribution in [0.3, 0.4) is 0 Å². The molecule has 0 saturated carbocycles. The Morgan fingerprint density at radius 2 is 1.33 bits per heavy atom. The van der Waals surface area contributed by atoms with Gasteiger partial charge in [-0.3, -0.25) is 0 Å². The van der Waals surface area contributed by atoms with Crippen molar-refractivity contribution < 1.29 is 4.57 Å². The van der Waals surface area contributed by atoms with Crippen molar-refractivity contribution in [2.45, 2.75) is 0 Å². The summed E-state index contributed by atoms with van der Waals surface area (Å²) in [6.07, 6.45) is 0. The van der Waals surface area contributed by atoms with Crippen molar-refractivity contribution in [3.63, 3.8) is 0 Å². The summed E-state index contributed by atoms with van der Waals surface area (Å²) in [5.41, 5.74) is 6.26. The van der Waals surface area contributed by atoms with Crippen LogP contribution < -0.4 is 16.3 Å². The van der Waals surface area contributed by atoms with Crippen molar-refractivity contribution in [2.24, 2.45) is 0 Å². The molecule has 2 rings (SSSR count). The third kappa shape index (κ3) is 2.23. The number of hydrogen-bond donors (Lipinski definition) is 1. The lowest BCUT2D eigenvalue weighted by molar-refractivity contribution is 0.598. The molecule has 2 aromatic carbocycles. The van der Waals surface area contributed by atoms with Gasteiger partial charge in [0.1, 0.15) is 0 Å². The van der Waals surface area contributed by atoms with Crippen molar-refractivity contribution in [3.05, 3.63) is 54.6 Å². The predicted octanol–water partition coefficient (Wildman–Crippen LogP) is 2.05. The number of nitrogen functional groups attached to an aromatic ring is 1. The fourth-order valence-electron chi connectivity index (χ4n) is 1.32. The highest BCUT2D eigenvalue weighted by Crippen LogP contribution is 2.19. The lowest BCUT2D eigenvalue weighted by Gasteiger charge is -1.91. The molecule has 2 aromatic rings. The van der Waals surface area contributed by atoms with Gasteiger partial charge in [-0.1, -0.05) is 22.8 Å². The molecule has 1 unspecified atom stereocenters. The van der Waals surface area contributed by atoms with E-state index in [1.807, 2.05) is 30.3 Å². The van der Waals surface area contributed by atoms with Crippen molar-refractivity contribution in [2.75, 3.05) is 5.73 Å². The number of anilines is 1. The zero-order valence-corrected chi connectivity index (χ0v) is 9.02. The molecule has 0 amide bonds. The maximum absolute atomic E-state index is 12.1. The molecule has 0 aliphatic rings. The molecule has 0 saturated heterocycles. The van der Waals surface area contributed by atoms with Crippen LogP contribution in [-0.2, 0) is 4.57 Å². The maximum atomic E-state index is 12.1. The summed E-state index contributed by atoms with van der Waals surface area (Å²) < 4.78 is 12.1. The summed E-state index contributed by atoms with van der Waals surface area (Å²) in [6, 6.07) is 16.6. The SMILES string of the molecule is Nc1ccc([P+](=O)c2ccccc2)cc1. The molecule has 3 heteroatoms. The van der Waals surface area contributed by atoms with E-state index in [0.717, 1.165) is 10.6 Å². The number of rotatable bonds is 2. The second-order valence-electron chi connectivity index (χ2n) is 3.22. The van der Waals surface area contributed by atoms with Crippen LogP contribution in [0, 0.1) is 0 Å². The summed E-state index contributed by atoms with van der Waals surface area (Å²) in [5, 5.41) is 1.66. The maximum Gasteiger partial charge on any atom is 0.415 e. The second-order valence-corrected chi connectivity index (χ2v) is 4.84. The van der Waals surface area contributed by atoms with E-state index in [2.05, 4.69) is 0 Å². The van der Waals surface area contributed by atoms with E-state index in [0.29, 0.717) is 5.69 Å². The van der Waals surface area contributed by atoms with Crippen LogP contribution in [0.2, 0.25) is 0 Å². The molecule has 0 bridgehead atoms. The Hall–Kier alpha value is -1.66. The van der Waals surface area contributed by atoms with Gasteiger partial charge < -0.3 is 5.73 Å². The predicted molar refractivity (Wildman–Crippen MR) is 64.2 cm³/mol. The Morgan fingerprint density at radius 1 is 0.800 bits per heavy atom. The average Bonchev–Trinajstić information content (AvgIpc) is 2.30. The number of benzene rings is 2. The normalized spacial score (nSPS) is 11.1. The third-order valence-electron chi connectivity index (χ3n) is 2.12. The van der Waals surface area contributed by atoms with Crippen LogP contribution >= 0.6 is 7.80 Å². The van der Waals surface area contributed by atoms with Crippen molar-refractivity contribution in [3.8, 4) is 0 Å². The van der Waals surface area contributed by atoms with Gasteiger partial charge in [0.2, 0.25) is 0 Å².